The number of likely N-dealkylation sites (N-methyl/N-ethyl adjacent to an activating group) is 1. The van der Waals surface area contributed by atoms with Gasteiger partial charge in [0.2, 0.25) is 15.9 Å². The van der Waals surface area contributed by atoms with Crippen LogP contribution in [0, 0.1) is 6.92 Å². The van der Waals surface area contributed by atoms with E-state index in [2.05, 4.69) is 14.9 Å². The maximum Gasteiger partial charge on any atom is 0.240 e. The molecule has 26 heavy (non-hydrogen) atoms. The van der Waals surface area contributed by atoms with Crippen molar-refractivity contribution in [2.75, 3.05) is 13.6 Å². The van der Waals surface area contributed by atoms with Gasteiger partial charge in [-0.05, 0) is 58.4 Å². The summed E-state index contributed by atoms with van der Waals surface area (Å²) in [7, 11) is -1.67. The molecule has 0 aromatic heterocycles. The molecule has 1 amide bonds. The summed E-state index contributed by atoms with van der Waals surface area (Å²) in [4.78, 5) is 14.3. The molecule has 1 saturated heterocycles. The zero-order valence-corrected chi connectivity index (χ0v) is 17.3. The molecule has 1 fully saturated rings. The highest BCUT2D eigenvalue weighted by atomic mass is 35.5. The van der Waals surface area contributed by atoms with Gasteiger partial charge in [0.1, 0.15) is 0 Å². The molecule has 0 spiro atoms. The fourth-order valence-electron chi connectivity index (χ4n) is 3.34. The van der Waals surface area contributed by atoms with Crippen LogP contribution in [0.3, 0.4) is 0 Å². The van der Waals surface area contributed by atoms with Crippen molar-refractivity contribution in [1.82, 2.24) is 14.9 Å². The van der Waals surface area contributed by atoms with Crippen molar-refractivity contribution in [3.63, 3.8) is 0 Å². The predicted molar refractivity (Wildman–Crippen MR) is 104 cm³/mol. The van der Waals surface area contributed by atoms with E-state index in [9.17, 15) is 13.2 Å². The molecule has 2 rings (SSSR count). The van der Waals surface area contributed by atoms with E-state index in [1.165, 1.54) is 0 Å². The van der Waals surface area contributed by atoms with Crippen molar-refractivity contribution in [2.24, 2.45) is 0 Å². The van der Waals surface area contributed by atoms with Crippen LogP contribution in [0.15, 0.2) is 23.1 Å². The van der Waals surface area contributed by atoms with E-state index in [0.29, 0.717) is 23.6 Å². The maximum atomic E-state index is 12.6. The minimum absolute atomic E-state index is 0.0348. The van der Waals surface area contributed by atoms with Crippen LogP contribution >= 0.6 is 11.6 Å². The lowest BCUT2D eigenvalue weighted by atomic mass is 10.1. The Morgan fingerprint density at radius 3 is 2.62 bits per heavy atom. The fourth-order valence-corrected chi connectivity index (χ4v) is 4.91. The first kappa shape index (κ1) is 21.2. The lowest BCUT2D eigenvalue weighted by Crippen LogP contribution is -2.43. The van der Waals surface area contributed by atoms with Crippen LogP contribution in [0.4, 0.5) is 0 Å². The molecule has 6 nitrogen and oxygen atoms in total. The largest absolute Gasteiger partial charge is 0.354 e. The Labute approximate surface area is 161 Å². The van der Waals surface area contributed by atoms with Crippen molar-refractivity contribution in [3.05, 3.63) is 28.8 Å². The Balaban J connectivity index is 1.95. The molecule has 2 N–H and O–H groups in total. The minimum atomic E-state index is -3.62. The standard InChI is InChI=1S/C18H28ClN3O3S/c1-12(2)21-18(23)10-14-8-9-15(22(14)4)11-20-26(24,25)17-7-5-6-16(19)13(17)3/h5-7,12,14-15,20H,8-11H2,1-4H3,(H,21,23)/t14-,15+/m1/s1. The van der Waals surface area contributed by atoms with Gasteiger partial charge in [0.25, 0.3) is 0 Å². The normalized spacial score (nSPS) is 21.3. The summed E-state index contributed by atoms with van der Waals surface area (Å²) in [6.45, 7) is 5.88. The number of benzene rings is 1. The molecule has 1 aromatic rings. The number of hydrogen-bond acceptors (Lipinski definition) is 4. The molecule has 8 heteroatoms. The smallest absolute Gasteiger partial charge is 0.240 e. The zero-order chi connectivity index (χ0) is 19.5. The monoisotopic (exact) mass is 401 g/mol. The minimum Gasteiger partial charge on any atom is -0.354 e. The summed E-state index contributed by atoms with van der Waals surface area (Å²) in [5.41, 5.74) is 0.546. The summed E-state index contributed by atoms with van der Waals surface area (Å²) < 4.78 is 27.9. The van der Waals surface area contributed by atoms with Crippen molar-refractivity contribution in [2.45, 2.75) is 63.1 Å². The molecule has 1 aliphatic rings. The molecule has 0 unspecified atom stereocenters. The first-order chi connectivity index (χ1) is 12.1. The lowest BCUT2D eigenvalue weighted by Gasteiger charge is -2.26. The van der Waals surface area contributed by atoms with E-state index >= 15 is 0 Å². The second-order valence-electron chi connectivity index (χ2n) is 7.19. The van der Waals surface area contributed by atoms with Crippen molar-refractivity contribution < 1.29 is 13.2 Å². The Morgan fingerprint density at radius 2 is 1.96 bits per heavy atom. The summed E-state index contributed by atoms with van der Waals surface area (Å²) >= 11 is 6.04. The summed E-state index contributed by atoms with van der Waals surface area (Å²) in [6, 6.07) is 5.19. The van der Waals surface area contributed by atoms with Crippen LogP contribution in [-0.2, 0) is 14.8 Å². The van der Waals surface area contributed by atoms with Gasteiger partial charge in [0.05, 0.1) is 4.90 Å². The van der Waals surface area contributed by atoms with E-state index in [-0.39, 0.29) is 28.9 Å². The Bertz CT molecular complexity index is 752. The van der Waals surface area contributed by atoms with E-state index in [1.54, 1.807) is 25.1 Å². The van der Waals surface area contributed by atoms with E-state index < -0.39 is 10.0 Å². The Morgan fingerprint density at radius 1 is 1.31 bits per heavy atom. The molecule has 2 atom stereocenters. The van der Waals surface area contributed by atoms with Crippen LogP contribution in [0.25, 0.3) is 0 Å². The molecule has 0 aliphatic carbocycles. The quantitative estimate of drug-likeness (QED) is 0.734. The number of nitrogens with one attached hydrogen (secondary N) is 2. The SMILES string of the molecule is Cc1c(Cl)cccc1S(=O)(=O)NC[C@@H]1CC[C@H](CC(=O)NC(C)C)N1C. The van der Waals surface area contributed by atoms with Gasteiger partial charge in [-0.1, -0.05) is 17.7 Å². The number of nitrogens with zero attached hydrogens (tertiary/aromatic N) is 1. The van der Waals surface area contributed by atoms with Crippen LogP contribution in [-0.4, -0.2) is 50.9 Å². The summed E-state index contributed by atoms with van der Waals surface area (Å²) in [5, 5.41) is 3.34. The second kappa shape index (κ2) is 8.69. The highest BCUT2D eigenvalue weighted by Crippen LogP contribution is 2.26. The Kier molecular flexibility index (Phi) is 7.07. The van der Waals surface area contributed by atoms with Gasteiger partial charge in [-0.2, -0.15) is 0 Å². The van der Waals surface area contributed by atoms with Crippen molar-refractivity contribution in [1.29, 1.82) is 0 Å². The number of carbonyl (C=O) groups excluding carboxylic acids is 1. The molecule has 0 saturated carbocycles. The number of likely N-dealkylation sites (tertiary alicyclic amines) is 1. The molecule has 0 radical (unpaired) electrons. The van der Waals surface area contributed by atoms with E-state index in [4.69, 9.17) is 11.6 Å². The third kappa shape index (κ3) is 5.19. The van der Waals surface area contributed by atoms with Crippen LogP contribution < -0.4 is 10.0 Å². The average molecular weight is 402 g/mol. The van der Waals surface area contributed by atoms with Gasteiger partial charge < -0.3 is 5.32 Å². The molecule has 146 valence electrons. The number of hydrogen-bond donors (Lipinski definition) is 2. The zero-order valence-electron chi connectivity index (χ0n) is 15.8. The molecule has 1 aliphatic heterocycles. The molecule has 0 bridgehead atoms. The van der Waals surface area contributed by atoms with E-state index in [1.807, 2.05) is 20.9 Å². The maximum absolute atomic E-state index is 12.6. The van der Waals surface area contributed by atoms with Crippen LogP contribution in [0.2, 0.25) is 5.02 Å². The molecule has 1 aromatic carbocycles. The number of sulfonamides is 1. The molecular formula is C18H28ClN3O3S. The summed E-state index contributed by atoms with van der Waals surface area (Å²) in [6.07, 6.45) is 2.17. The van der Waals surface area contributed by atoms with Gasteiger partial charge in [0.15, 0.2) is 0 Å². The highest BCUT2D eigenvalue weighted by molar-refractivity contribution is 7.89. The van der Waals surface area contributed by atoms with Gasteiger partial charge in [-0.3, -0.25) is 9.69 Å². The first-order valence-electron chi connectivity index (χ1n) is 8.88. The number of rotatable bonds is 7. The lowest BCUT2D eigenvalue weighted by molar-refractivity contribution is -0.122. The van der Waals surface area contributed by atoms with Crippen LogP contribution in [0.1, 0.15) is 38.7 Å². The predicted octanol–water partition coefficient (Wildman–Crippen LogP) is 2.30. The van der Waals surface area contributed by atoms with Crippen molar-refractivity contribution >= 4 is 27.5 Å². The van der Waals surface area contributed by atoms with E-state index in [0.717, 1.165) is 12.8 Å². The topological polar surface area (TPSA) is 78.5 Å². The summed E-state index contributed by atoms with van der Waals surface area (Å²) in [5.74, 6) is 0.0348. The third-order valence-electron chi connectivity index (χ3n) is 4.87. The second-order valence-corrected chi connectivity index (χ2v) is 9.33. The van der Waals surface area contributed by atoms with Gasteiger partial charge in [0, 0.05) is 36.1 Å². The highest BCUT2D eigenvalue weighted by Gasteiger charge is 2.32. The number of amides is 1. The van der Waals surface area contributed by atoms with Gasteiger partial charge >= 0.3 is 0 Å². The molecular weight excluding hydrogens is 374 g/mol. The average Bonchev–Trinajstić information content (AvgIpc) is 2.87. The van der Waals surface area contributed by atoms with Gasteiger partial charge in [-0.25, -0.2) is 13.1 Å². The fraction of sp³-hybridized carbons (Fsp3) is 0.611. The number of halogens is 1. The third-order valence-corrected chi connectivity index (χ3v) is 6.85. The molecule has 1 heterocycles. The van der Waals surface area contributed by atoms with Crippen LogP contribution in [0.5, 0.6) is 0 Å². The Hall–Kier alpha value is -1.15. The van der Waals surface area contributed by atoms with Crippen molar-refractivity contribution in [3.8, 4) is 0 Å². The first-order valence-corrected chi connectivity index (χ1v) is 10.7. The van der Waals surface area contributed by atoms with Gasteiger partial charge in [-0.15, -0.1) is 0 Å². The number of carbonyl (C=O) groups is 1.